The second kappa shape index (κ2) is 7.27. The van der Waals surface area contributed by atoms with Gasteiger partial charge in [-0.05, 0) is 38.5 Å². The Morgan fingerprint density at radius 3 is 2.21 bits per heavy atom. The molecule has 0 fully saturated rings. The molecule has 2 rings (SSSR count). The van der Waals surface area contributed by atoms with Gasteiger partial charge in [0, 0.05) is 10.4 Å². The predicted octanol–water partition coefficient (Wildman–Crippen LogP) is 3.42. The average Bonchev–Trinajstić information content (AvgIpc) is 2.82. The van der Waals surface area contributed by atoms with Crippen LogP contribution in [0.15, 0.2) is 24.3 Å². The van der Waals surface area contributed by atoms with Gasteiger partial charge in [-0.2, -0.15) is 0 Å². The number of ether oxygens (including phenoxy) is 1. The highest BCUT2D eigenvalue weighted by molar-refractivity contribution is 7.16. The van der Waals surface area contributed by atoms with Crippen molar-refractivity contribution in [2.24, 2.45) is 0 Å². The Kier molecular flexibility index (Phi) is 5.35. The molecule has 0 radical (unpaired) electrons. The van der Waals surface area contributed by atoms with Gasteiger partial charge in [-0.1, -0.05) is 17.7 Å². The molecule has 0 aliphatic heterocycles. The molecule has 0 aliphatic carbocycles. The van der Waals surface area contributed by atoms with Crippen LogP contribution in [0.2, 0.25) is 0 Å². The molecule has 3 amide bonds. The summed E-state index contributed by atoms with van der Waals surface area (Å²) in [7, 11) is 1.18. The largest absolute Gasteiger partial charge is 0.453 e. The van der Waals surface area contributed by atoms with Gasteiger partial charge in [-0.25, -0.2) is 4.79 Å². The van der Waals surface area contributed by atoms with E-state index in [-0.39, 0.29) is 11.5 Å². The number of carbonyl (C=O) groups excluding carboxylic acids is 3. The maximum atomic E-state index is 12.4. The molecule has 1 aromatic heterocycles. The molecule has 126 valence electrons. The van der Waals surface area contributed by atoms with Crippen LogP contribution < -0.4 is 10.6 Å². The number of amides is 3. The minimum absolute atomic E-state index is 0.267. The Hall–Kier alpha value is -2.67. The number of aryl methyl sites for hydroxylation is 2. The normalized spacial score (nSPS) is 10.2. The molecule has 0 atom stereocenters. The first-order valence-electron chi connectivity index (χ1n) is 7.20. The van der Waals surface area contributed by atoms with Crippen LogP contribution >= 0.6 is 11.3 Å². The van der Waals surface area contributed by atoms with Crippen LogP contribution in [0.4, 0.5) is 9.80 Å². The van der Waals surface area contributed by atoms with Crippen molar-refractivity contribution in [3.8, 4) is 0 Å². The number of alkyl carbamates (subject to hydrolysis) is 1. The number of rotatable bonds is 3. The maximum absolute atomic E-state index is 12.4. The minimum Gasteiger partial charge on any atom is -0.453 e. The molecule has 0 spiro atoms. The Morgan fingerprint density at radius 2 is 1.62 bits per heavy atom. The first-order chi connectivity index (χ1) is 11.3. The molecule has 0 unspecified atom stereocenters. The standard InChI is InChI=1S/C17H18N2O4S/c1-9-5-7-12(8-6-9)14(20)18-16-13(10(2)11(3)24-16)15(21)19-17(22)23-4/h5-8H,1-4H3,(H,18,20)(H,19,21,22). The highest BCUT2D eigenvalue weighted by Gasteiger charge is 2.23. The van der Waals surface area contributed by atoms with E-state index in [1.165, 1.54) is 18.4 Å². The van der Waals surface area contributed by atoms with E-state index in [1.54, 1.807) is 19.1 Å². The lowest BCUT2D eigenvalue weighted by Crippen LogP contribution is -2.31. The minimum atomic E-state index is -0.848. The number of carbonyl (C=O) groups is 3. The van der Waals surface area contributed by atoms with Gasteiger partial charge in [0.25, 0.3) is 11.8 Å². The van der Waals surface area contributed by atoms with E-state index < -0.39 is 12.0 Å². The van der Waals surface area contributed by atoms with Crippen molar-refractivity contribution in [3.63, 3.8) is 0 Å². The third-order valence-electron chi connectivity index (χ3n) is 3.55. The quantitative estimate of drug-likeness (QED) is 0.892. The number of thiophene rings is 1. The summed E-state index contributed by atoms with van der Waals surface area (Å²) < 4.78 is 4.44. The fraction of sp³-hybridized carbons (Fsp3) is 0.235. The first-order valence-corrected chi connectivity index (χ1v) is 8.02. The summed E-state index contributed by atoms with van der Waals surface area (Å²) in [5.74, 6) is -0.925. The summed E-state index contributed by atoms with van der Waals surface area (Å²) in [6.45, 7) is 5.54. The summed E-state index contributed by atoms with van der Waals surface area (Å²) >= 11 is 1.29. The van der Waals surface area contributed by atoms with Gasteiger partial charge in [0.1, 0.15) is 5.00 Å². The first kappa shape index (κ1) is 17.7. The zero-order valence-electron chi connectivity index (χ0n) is 13.9. The topological polar surface area (TPSA) is 84.5 Å². The van der Waals surface area contributed by atoms with Crippen LogP contribution in [0.25, 0.3) is 0 Å². The zero-order chi connectivity index (χ0) is 17.9. The van der Waals surface area contributed by atoms with Gasteiger partial charge in [0.15, 0.2) is 0 Å². The number of nitrogens with one attached hydrogen (secondary N) is 2. The predicted molar refractivity (Wildman–Crippen MR) is 92.8 cm³/mol. The molecular weight excluding hydrogens is 328 g/mol. The van der Waals surface area contributed by atoms with Crippen LogP contribution in [0.1, 0.15) is 36.7 Å². The lowest BCUT2D eigenvalue weighted by molar-refractivity contribution is 0.0937. The van der Waals surface area contributed by atoms with E-state index in [1.807, 2.05) is 26.0 Å². The number of hydrogen-bond acceptors (Lipinski definition) is 5. The van der Waals surface area contributed by atoms with Gasteiger partial charge < -0.3 is 10.1 Å². The summed E-state index contributed by atoms with van der Waals surface area (Å²) in [6.07, 6.45) is -0.848. The molecule has 1 aromatic carbocycles. The number of benzene rings is 1. The molecule has 0 bridgehead atoms. The van der Waals surface area contributed by atoms with Gasteiger partial charge in [0.2, 0.25) is 0 Å². The van der Waals surface area contributed by atoms with Crippen LogP contribution in [0.3, 0.4) is 0 Å². The Morgan fingerprint density at radius 1 is 1.00 bits per heavy atom. The van der Waals surface area contributed by atoms with E-state index >= 15 is 0 Å². The zero-order valence-corrected chi connectivity index (χ0v) is 14.7. The number of hydrogen-bond donors (Lipinski definition) is 2. The molecular formula is C17H18N2O4S. The van der Waals surface area contributed by atoms with Crippen LogP contribution in [0, 0.1) is 20.8 Å². The van der Waals surface area contributed by atoms with E-state index in [0.29, 0.717) is 16.1 Å². The lowest BCUT2D eigenvalue weighted by Gasteiger charge is -2.08. The van der Waals surface area contributed by atoms with Crippen LogP contribution in [0.5, 0.6) is 0 Å². The number of methoxy groups -OCH3 is 1. The van der Waals surface area contributed by atoms with Gasteiger partial charge in [-0.3, -0.25) is 14.9 Å². The summed E-state index contributed by atoms with van der Waals surface area (Å²) in [5.41, 5.74) is 2.51. The van der Waals surface area contributed by atoms with Crippen molar-refractivity contribution in [1.29, 1.82) is 0 Å². The lowest BCUT2D eigenvalue weighted by atomic mass is 10.1. The Labute approximate surface area is 143 Å². The highest BCUT2D eigenvalue weighted by Crippen LogP contribution is 2.32. The smallest absolute Gasteiger partial charge is 0.413 e. The molecule has 1 heterocycles. The highest BCUT2D eigenvalue weighted by atomic mass is 32.1. The molecule has 0 saturated heterocycles. The van der Waals surface area contributed by atoms with Crippen LogP contribution in [-0.2, 0) is 4.74 Å². The second-order valence-corrected chi connectivity index (χ2v) is 6.48. The molecule has 24 heavy (non-hydrogen) atoms. The SMILES string of the molecule is COC(=O)NC(=O)c1c(NC(=O)c2ccc(C)cc2)sc(C)c1C. The molecule has 0 aliphatic rings. The van der Waals surface area contributed by atoms with Crippen molar-refractivity contribution >= 4 is 34.2 Å². The van der Waals surface area contributed by atoms with Crippen molar-refractivity contribution in [3.05, 3.63) is 51.4 Å². The number of imide groups is 1. The van der Waals surface area contributed by atoms with Crippen molar-refractivity contribution in [1.82, 2.24) is 5.32 Å². The molecule has 2 aromatic rings. The Bertz CT molecular complexity index is 794. The Balaban J connectivity index is 2.28. The molecule has 6 nitrogen and oxygen atoms in total. The summed E-state index contributed by atoms with van der Waals surface area (Å²) in [4.78, 5) is 36.8. The average molecular weight is 346 g/mol. The third-order valence-corrected chi connectivity index (χ3v) is 4.68. The van der Waals surface area contributed by atoms with Crippen molar-refractivity contribution in [2.45, 2.75) is 20.8 Å². The summed E-state index contributed by atoms with van der Waals surface area (Å²) in [5, 5.41) is 5.26. The van der Waals surface area contributed by atoms with Gasteiger partial charge in [0.05, 0.1) is 12.7 Å². The third kappa shape index (κ3) is 3.80. The van der Waals surface area contributed by atoms with Gasteiger partial charge >= 0.3 is 6.09 Å². The van der Waals surface area contributed by atoms with E-state index in [2.05, 4.69) is 15.4 Å². The van der Waals surface area contributed by atoms with Crippen LogP contribution in [-0.4, -0.2) is 25.0 Å². The van der Waals surface area contributed by atoms with E-state index in [4.69, 9.17) is 0 Å². The monoisotopic (exact) mass is 346 g/mol. The number of anilines is 1. The molecule has 7 heteroatoms. The molecule has 2 N–H and O–H groups in total. The van der Waals surface area contributed by atoms with Crippen molar-refractivity contribution < 1.29 is 19.1 Å². The summed E-state index contributed by atoms with van der Waals surface area (Å²) in [6, 6.07) is 7.10. The maximum Gasteiger partial charge on any atom is 0.413 e. The van der Waals surface area contributed by atoms with E-state index in [0.717, 1.165) is 10.4 Å². The van der Waals surface area contributed by atoms with Crippen molar-refractivity contribution in [2.75, 3.05) is 12.4 Å². The fourth-order valence-corrected chi connectivity index (χ4v) is 3.13. The molecule has 0 saturated carbocycles. The second-order valence-electron chi connectivity index (χ2n) is 5.25. The fourth-order valence-electron chi connectivity index (χ4n) is 2.07. The van der Waals surface area contributed by atoms with E-state index in [9.17, 15) is 14.4 Å². The van der Waals surface area contributed by atoms with Gasteiger partial charge in [-0.15, -0.1) is 11.3 Å².